The first kappa shape index (κ1) is 10.8. The first-order valence-corrected chi connectivity index (χ1v) is 5.43. The van der Waals surface area contributed by atoms with E-state index < -0.39 is 0 Å². The minimum absolute atomic E-state index is 0.296. The third kappa shape index (κ3) is 2.44. The highest BCUT2D eigenvalue weighted by Crippen LogP contribution is 2.20. The number of benzene rings is 1. The maximum absolute atomic E-state index is 9.00. The van der Waals surface area contributed by atoms with E-state index in [-0.39, 0.29) is 0 Å². The summed E-state index contributed by atoms with van der Waals surface area (Å²) >= 11 is 0. The standard InChI is InChI=1S/C12H15N3O/c13-7-9-6-10(14)3-4-12(9)15-11-2-1-5-16-8-11/h3-4,6,11,15H,1-2,5,8,14H2. The minimum atomic E-state index is 0.296. The number of ether oxygens (including phenoxy) is 1. The molecule has 0 amide bonds. The van der Waals surface area contributed by atoms with Crippen LogP contribution in [-0.4, -0.2) is 19.3 Å². The van der Waals surface area contributed by atoms with Crippen molar-refractivity contribution in [1.29, 1.82) is 5.26 Å². The fourth-order valence-electron chi connectivity index (χ4n) is 1.85. The zero-order valence-electron chi connectivity index (χ0n) is 9.07. The molecule has 2 rings (SSSR count). The Kier molecular flexibility index (Phi) is 3.28. The normalized spacial score (nSPS) is 20.1. The lowest BCUT2D eigenvalue weighted by Crippen LogP contribution is -2.30. The van der Waals surface area contributed by atoms with Crippen molar-refractivity contribution in [2.24, 2.45) is 0 Å². The average Bonchev–Trinajstić information content (AvgIpc) is 2.33. The van der Waals surface area contributed by atoms with E-state index in [2.05, 4.69) is 11.4 Å². The summed E-state index contributed by atoms with van der Waals surface area (Å²) in [5.41, 5.74) is 7.67. The number of nitriles is 1. The maximum Gasteiger partial charge on any atom is 0.101 e. The molecule has 16 heavy (non-hydrogen) atoms. The predicted octanol–water partition coefficient (Wildman–Crippen LogP) is 1.73. The van der Waals surface area contributed by atoms with Gasteiger partial charge in [0.05, 0.1) is 17.9 Å². The van der Waals surface area contributed by atoms with Gasteiger partial charge in [-0.3, -0.25) is 0 Å². The third-order valence-corrected chi connectivity index (χ3v) is 2.68. The van der Waals surface area contributed by atoms with Gasteiger partial charge in [0.25, 0.3) is 0 Å². The van der Waals surface area contributed by atoms with Gasteiger partial charge < -0.3 is 15.8 Å². The van der Waals surface area contributed by atoms with Gasteiger partial charge in [-0.05, 0) is 31.0 Å². The fourth-order valence-corrected chi connectivity index (χ4v) is 1.85. The van der Waals surface area contributed by atoms with Crippen LogP contribution in [0, 0.1) is 11.3 Å². The molecule has 1 aliphatic rings. The van der Waals surface area contributed by atoms with Gasteiger partial charge in [-0.25, -0.2) is 0 Å². The quantitative estimate of drug-likeness (QED) is 0.740. The molecule has 0 bridgehead atoms. The summed E-state index contributed by atoms with van der Waals surface area (Å²) in [6, 6.07) is 7.77. The summed E-state index contributed by atoms with van der Waals surface area (Å²) in [6.45, 7) is 1.54. The molecule has 1 fully saturated rings. The van der Waals surface area contributed by atoms with Crippen molar-refractivity contribution in [3.8, 4) is 6.07 Å². The van der Waals surface area contributed by atoms with Gasteiger partial charge >= 0.3 is 0 Å². The second-order valence-corrected chi connectivity index (χ2v) is 3.98. The smallest absolute Gasteiger partial charge is 0.101 e. The second kappa shape index (κ2) is 4.86. The van der Waals surface area contributed by atoms with E-state index in [0.29, 0.717) is 23.9 Å². The van der Waals surface area contributed by atoms with Crippen LogP contribution in [-0.2, 0) is 4.74 Å². The lowest BCUT2D eigenvalue weighted by molar-refractivity contribution is 0.0876. The highest BCUT2D eigenvalue weighted by atomic mass is 16.5. The van der Waals surface area contributed by atoms with Crippen LogP contribution in [0.2, 0.25) is 0 Å². The Hall–Kier alpha value is -1.73. The van der Waals surface area contributed by atoms with Crippen LogP contribution >= 0.6 is 0 Å². The van der Waals surface area contributed by atoms with Crippen molar-refractivity contribution >= 4 is 11.4 Å². The number of hydrogen-bond donors (Lipinski definition) is 2. The van der Waals surface area contributed by atoms with E-state index in [9.17, 15) is 0 Å². The van der Waals surface area contributed by atoms with Gasteiger partial charge in [0, 0.05) is 18.3 Å². The van der Waals surface area contributed by atoms with Crippen LogP contribution in [0.15, 0.2) is 18.2 Å². The van der Waals surface area contributed by atoms with Gasteiger partial charge in [-0.1, -0.05) is 0 Å². The summed E-state index contributed by atoms with van der Waals surface area (Å²) in [5, 5.41) is 12.3. The van der Waals surface area contributed by atoms with Crippen molar-refractivity contribution in [1.82, 2.24) is 0 Å². The molecule has 1 atom stereocenters. The molecule has 1 saturated heterocycles. The lowest BCUT2D eigenvalue weighted by Gasteiger charge is -2.24. The van der Waals surface area contributed by atoms with Gasteiger partial charge in [0.1, 0.15) is 6.07 Å². The van der Waals surface area contributed by atoms with Crippen LogP contribution in [0.25, 0.3) is 0 Å². The van der Waals surface area contributed by atoms with Crippen LogP contribution in [0.1, 0.15) is 18.4 Å². The van der Waals surface area contributed by atoms with Gasteiger partial charge in [0.2, 0.25) is 0 Å². The Bertz CT molecular complexity index is 405. The minimum Gasteiger partial charge on any atom is -0.399 e. The summed E-state index contributed by atoms with van der Waals surface area (Å²) in [5.74, 6) is 0. The number of rotatable bonds is 2. The Balaban J connectivity index is 2.11. The molecule has 4 heteroatoms. The number of nitrogens with two attached hydrogens (primary N) is 1. The van der Waals surface area contributed by atoms with Crippen molar-refractivity contribution in [3.63, 3.8) is 0 Å². The van der Waals surface area contributed by atoms with Crippen molar-refractivity contribution in [3.05, 3.63) is 23.8 Å². The van der Waals surface area contributed by atoms with Crippen molar-refractivity contribution in [2.75, 3.05) is 24.3 Å². The number of nitrogens with one attached hydrogen (secondary N) is 1. The number of nitrogen functional groups attached to an aromatic ring is 1. The number of anilines is 2. The van der Waals surface area contributed by atoms with E-state index in [1.165, 1.54) is 0 Å². The first-order valence-electron chi connectivity index (χ1n) is 5.43. The summed E-state index contributed by atoms with van der Waals surface area (Å²) in [7, 11) is 0. The summed E-state index contributed by atoms with van der Waals surface area (Å²) in [6.07, 6.45) is 2.14. The fraction of sp³-hybridized carbons (Fsp3) is 0.417. The van der Waals surface area contributed by atoms with Crippen LogP contribution in [0.3, 0.4) is 0 Å². The molecule has 0 spiro atoms. The van der Waals surface area contributed by atoms with Gasteiger partial charge in [-0.2, -0.15) is 5.26 Å². The Labute approximate surface area is 95.0 Å². The lowest BCUT2D eigenvalue weighted by atomic mass is 10.1. The zero-order chi connectivity index (χ0) is 11.4. The maximum atomic E-state index is 9.00. The molecule has 0 aromatic heterocycles. The van der Waals surface area contributed by atoms with Crippen LogP contribution < -0.4 is 11.1 Å². The highest BCUT2D eigenvalue weighted by molar-refractivity contribution is 5.63. The molecule has 84 valence electrons. The van der Waals surface area contributed by atoms with E-state index in [1.54, 1.807) is 12.1 Å². The predicted molar refractivity (Wildman–Crippen MR) is 63.0 cm³/mol. The number of nitrogens with zero attached hydrogens (tertiary/aromatic N) is 1. The number of hydrogen-bond acceptors (Lipinski definition) is 4. The molecule has 1 aliphatic heterocycles. The molecule has 1 heterocycles. The molecular weight excluding hydrogens is 202 g/mol. The van der Waals surface area contributed by atoms with Crippen LogP contribution in [0.4, 0.5) is 11.4 Å². The average molecular weight is 217 g/mol. The molecule has 1 aromatic carbocycles. The zero-order valence-corrected chi connectivity index (χ0v) is 9.07. The van der Waals surface area contributed by atoms with Gasteiger partial charge in [-0.15, -0.1) is 0 Å². The van der Waals surface area contributed by atoms with E-state index in [1.807, 2.05) is 6.07 Å². The third-order valence-electron chi connectivity index (χ3n) is 2.68. The molecule has 3 N–H and O–H groups in total. The molecular formula is C12H15N3O. The molecule has 0 radical (unpaired) electrons. The summed E-state index contributed by atoms with van der Waals surface area (Å²) in [4.78, 5) is 0. The largest absolute Gasteiger partial charge is 0.399 e. The SMILES string of the molecule is N#Cc1cc(N)ccc1NC1CCCOC1. The molecule has 0 aliphatic carbocycles. The Morgan fingerprint density at radius 2 is 2.38 bits per heavy atom. The van der Waals surface area contributed by atoms with Gasteiger partial charge in [0.15, 0.2) is 0 Å². The van der Waals surface area contributed by atoms with E-state index >= 15 is 0 Å². The highest BCUT2D eigenvalue weighted by Gasteiger charge is 2.14. The molecule has 1 unspecified atom stereocenters. The molecule has 1 aromatic rings. The Morgan fingerprint density at radius 1 is 1.50 bits per heavy atom. The van der Waals surface area contributed by atoms with Crippen molar-refractivity contribution in [2.45, 2.75) is 18.9 Å². The monoisotopic (exact) mass is 217 g/mol. The summed E-state index contributed by atoms with van der Waals surface area (Å²) < 4.78 is 5.38. The second-order valence-electron chi connectivity index (χ2n) is 3.98. The van der Waals surface area contributed by atoms with Crippen molar-refractivity contribution < 1.29 is 4.74 Å². The first-order chi connectivity index (χ1) is 7.79. The molecule has 0 saturated carbocycles. The van der Waals surface area contributed by atoms with Crippen LogP contribution in [0.5, 0.6) is 0 Å². The van der Waals surface area contributed by atoms with E-state index in [0.717, 1.165) is 25.1 Å². The Morgan fingerprint density at radius 3 is 3.06 bits per heavy atom. The molecule has 4 nitrogen and oxygen atoms in total. The topological polar surface area (TPSA) is 71.1 Å². The van der Waals surface area contributed by atoms with E-state index in [4.69, 9.17) is 15.7 Å².